The maximum absolute atomic E-state index is 11.1. The molecule has 86 valence electrons. The van der Waals surface area contributed by atoms with Crippen LogP contribution in [0.4, 0.5) is 0 Å². The molecule has 0 aromatic carbocycles. The maximum atomic E-state index is 11.1. The lowest BCUT2D eigenvalue weighted by Crippen LogP contribution is -2.26. The van der Waals surface area contributed by atoms with Crippen molar-refractivity contribution in [3.05, 3.63) is 0 Å². The molecule has 1 aliphatic rings. The number of rotatable bonds is 3. The van der Waals surface area contributed by atoms with Crippen LogP contribution in [0, 0.1) is 11.8 Å². The summed E-state index contributed by atoms with van der Waals surface area (Å²) in [5.41, 5.74) is 0. The van der Waals surface area contributed by atoms with Gasteiger partial charge in [-0.05, 0) is 18.8 Å². The van der Waals surface area contributed by atoms with E-state index in [1.165, 1.54) is 7.11 Å². The van der Waals surface area contributed by atoms with E-state index in [-0.39, 0.29) is 18.3 Å². The van der Waals surface area contributed by atoms with E-state index in [1.54, 1.807) is 0 Å². The van der Waals surface area contributed by atoms with Gasteiger partial charge >= 0.3 is 11.9 Å². The first kappa shape index (κ1) is 12.0. The van der Waals surface area contributed by atoms with Crippen molar-refractivity contribution in [2.45, 2.75) is 19.3 Å². The molecule has 0 saturated carbocycles. The Morgan fingerprint density at radius 3 is 2.67 bits per heavy atom. The van der Waals surface area contributed by atoms with Gasteiger partial charge < -0.3 is 14.6 Å². The van der Waals surface area contributed by atoms with Crippen LogP contribution in [0.2, 0.25) is 0 Å². The summed E-state index contributed by atoms with van der Waals surface area (Å²) in [5.74, 6) is -1.87. The molecule has 1 aliphatic heterocycles. The summed E-state index contributed by atoms with van der Waals surface area (Å²) in [4.78, 5) is 22.1. The topological polar surface area (TPSA) is 72.8 Å². The van der Waals surface area contributed by atoms with Crippen molar-refractivity contribution in [1.82, 2.24) is 0 Å². The van der Waals surface area contributed by atoms with Gasteiger partial charge in [0, 0.05) is 19.6 Å². The van der Waals surface area contributed by atoms with Gasteiger partial charge in [-0.25, -0.2) is 0 Å². The lowest BCUT2D eigenvalue weighted by atomic mass is 9.85. The number of carbonyl (C=O) groups excluding carboxylic acids is 1. The van der Waals surface area contributed by atoms with E-state index in [2.05, 4.69) is 4.74 Å². The Bertz CT molecular complexity index is 238. The Morgan fingerprint density at radius 2 is 2.07 bits per heavy atom. The molecule has 1 rings (SSSR count). The van der Waals surface area contributed by atoms with Crippen LogP contribution >= 0.6 is 0 Å². The highest BCUT2D eigenvalue weighted by atomic mass is 16.5. The number of aliphatic carboxylic acids is 1. The Hall–Kier alpha value is -1.10. The summed E-state index contributed by atoms with van der Waals surface area (Å²) in [6, 6.07) is 0. The predicted octanol–water partition coefficient (Wildman–Crippen LogP) is 0.677. The highest BCUT2D eigenvalue weighted by Gasteiger charge is 2.31. The second kappa shape index (κ2) is 5.70. The van der Waals surface area contributed by atoms with Gasteiger partial charge in [0.1, 0.15) is 0 Å². The Kier molecular flexibility index (Phi) is 4.55. The molecule has 5 nitrogen and oxygen atoms in total. The maximum Gasteiger partial charge on any atom is 0.306 e. The molecule has 0 unspecified atom stereocenters. The number of esters is 1. The number of ether oxygens (including phenoxy) is 2. The minimum Gasteiger partial charge on any atom is -0.481 e. The summed E-state index contributed by atoms with van der Waals surface area (Å²) < 4.78 is 9.75. The molecule has 0 aromatic heterocycles. The highest BCUT2D eigenvalue weighted by molar-refractivity contribution is 5.73. The third-order valence-corrected chi connectivity index (χ3v) is 2.75. The van der Waals surface area contributed by atoms with Crippen molar-refractivity contribution >= 4 is 11.9 Å². The van der Waals surface area contributed by atoms with E-state index < -0.39 is 11.9 Å². The van der Waals surface area contributed by atoms with E-state index >= 15 is 0 Å². The molecule has 5 heteroatoms. The van der Waals surface area contributed by atoms with Crippen LogP contribution < -0.4 is 0 Å². The SMILES string of the molecule is COC(=O)C[C@@H]1CCOCC[C@H]1C(=O)O. The average molecular weight is 216 g/mol. The zero-order valence-electron chi connectivity index (χ0n) is 8.77. The molecular formula is C10H16O5. The summed E-state index contributed by atoms with van der Waals surface area (Å²) in [6.07, 6.45) is 1.24. The van der Waals surface area contributed by atoms with Crippen LogP contribution in [-0.2, 0) is 19.1 Å². The second-order valence-corrected chi connectivity index (χ2v) is 3.67. The Labute approximate surface area is 88.4 Å². The highest BCUT2D eigenvalue weighted by Crippen LogP contribution is 2.26. The smallest absolute Gasteiger partial charge is 0.306 e. The van der Waals surface area contributed by atoms with E-state index in [4.69, 9.17) is 9.84 Å². The second-order valence-electron chi connectivity index (χ2n) is 3.67. The van der Waals surface area contributed by atoms with E-state index in [0.717, 1.165) is 0 Å². The van der Waals surface area contributed by atoms with E-state index in [9.17, 15) is 9.59 Å². The molecular weight excluding hydrogens is 200 g/mol. The zero-order chi connectivity index (χ0) is 11.3. The first-order chi connectivity index (χ1) is 7.15. The van der Waals surface area contributed by atoms with E-state index in [0.29, 0.717) is 26.1 Å². The number of hydrogen-bond donors (Lipinski definition) is 1. The molecule has 2 atom stereocenters. The van der Waals surface area contributed by atoms with E-state index in [1.807, 2.05) is 0 Å². The van der Waals surface area contributed by atoms with Crippen LogP contribution in [0.15, 0.2) is 0 Å². The molecule has 0 spiro atoms. The van der Waals surface area contributed by atoms with Gasteiger partial charge in [0.15, 0.2) is 0 Å². The van der Waals surface area contributed by atoms with Gasteiger partial charge in [0.2, 0.25) is 0 Å². The normalized spacial score (nSPS) is 26.7. The van der Waals surface area contributed by atoms with Crippen LogP contribution in [0.5, 0.6) is 0 Å². The monoisotopic (exact) mass is 216 g/mol. The van der Waals surface area contributed by atoms with Crippen LogP contribution in [0.3, 0.4) is 0 Å². The summed E-state index contributed by atoms with van der Waals surface area (Å²) in [7, 11) is 1.31. The predicted molar refractivity (Wildman–Crippen MR) is 51.3 cm³/mol. The zero-order valence-corrected chi connectivity index (χ0v) is 8.77. The number of hydrogen-bond acceptors (Lipinski definition) is 4. The lowest BCUT2D eigenvalue weighted by Gasteiger charge is -2.19. The first-order valence-electron chi connectivity index (χ1n) is 5.02. The minimum absolute atomic E-state index is 0.164. The standard InChI is InChI=1S/C10H16O5/c1-14-9(11)6-7-2-4-15-5-3-8(7)10(12)13/h7-8H,2-6H2,1H3,(H,12,13)/t7-,8+/m0/s1. The summed E-state index contributed by atoms with van der Waals surface area (Å²) >= 11 is 0. The number of methoxy groups -OCH3 is 1. The van der Waals surface area contributed by atoms with Gasteiger partial charge in [0.25, 0.3) is 0 Å². The lowest BCUT2D eigenvalue weighted by molar-refractivity contribution is -0.146. The fourth-order valence-corrected chi connectivity index (χ4v) is 1.85. The average Bonchev–Trinajstić information content (AvgIpc) is 2.43. The largest absolute Gasteiger partial charge is 0.481 e. The van der Waals surface area contributed by atoms with Gasteiger partial charge in [-0.2, -0.15) is 0 Å². The van der Waals surface area contributed by atoms with Gasteiger partial charge in [-0.3, -0.25) is 9.59 Å². The Balaban J connectivity index is 2.61. The van der Waals surface area contributed by atoms with Crippen molar-refractivity contribution in [3.63, 3.8) is 0 Å². The number of carbonyl (C=O) groups is 2. The molecule has 0 amide bonds. The molecule has 0 aromatic rings. The number of carboxylic acids is 1. The molecule has 0 radical (unpaired) electrons. The molecule has 0 bridgehead atoms. The third-order valence-electron chi connectivity index (χ3n) is 2.75. The molecule has 1 N–H and O–H groups in total. The minimum atomic E-state index is -0.852. The molecule has 1 saturated heterocycles. The Morgan fingerprint density at radius 1 is 1.40 bits per heavy atom. The van der Waals surface area contributed by atoms with Crippen molar-refractivity contribution in [1.29, 1.82) is 0 Å². The van der Waals surface area contributed by atoms with Crippen molar-refractivity contribution in [2.24, 2.45) is 11.8 Å². The first-order valence-corrected chi connectivity index (χ1v) is 5.02. The van der Waals surface area contributed by atoms with Crippen molar-refractivity contribution in [3.8, 4) is 0 Å². The van der Waals surface area contributed by atoms with Crippen molar-refractivity contribution < 1.29 is 24.2 Å². The fourth-order valence-electron chi connectivity index (χ4n) is 1.85. The van der Waals surface area contributed by atoms with Gasteiger partial charge in [-0.1, -0.05) is 0 Å². The fraction of sp³-hybridized carbons (Fsp3) is 0.800. The van der Waals surface area contributed by atoms with Gasteiger partial charge in [0.05, 0.1) is 13.0 Å². The molecule has 0 aliphatic carbocycles. The number of carboxylic acid groups (broad SMARTS) is 1. The van der Waals surface area contributed by atoms with Gasteiger partial charge in [-0.15, -0.1) is 0 Å². The van der Waals surface area contributed by atoms with Crippen LogP contribution in [0.25, 0.3) is 0 Å². The quantitative estimate of drug-likeness (QED) is 0.702. The summed E-state index contributed by atoms with van der Waals surface area (Å²) in [6.45, 7) is 0.972. The summed E-state index contributed by atoms with van der Waals surface area (Å²) in [5, 5.41) is 9.01. The van der Waals surface area contributed by atoms with Crippen LogP contribution in [-0.4, -0.2) is 37.4 Å². The molecule has 15 heavy (non-hydrogen) atoms. The van der Waals surface area contributed by atoms with Crippen molar-refractivity contribution in [2.75, 3.05) is 20.3 Å². The third kappa shape index (κ3) is 3.51. The molecule has 1 fully saturated rings. The molecule has 1 heterocycles. The van der Waals surface area contributed by atoms with Crippen LogP contribution in [0.1, 0.15) is 19.3 Å².